The van der Waals surface area contributed by atoms with E-state index < -0.39 is 6.03 Å². The van der Waals surface area contributed by atoms with Gasteiger partial charge in [-0.2, -0.15) is 0 Å². The van der Waals surface area contributed by atoms with Crippen LogP contribution in [-0.2, 0) is 0 Å². The molecule has 0 atom stereocenters. The van der Waals surface area contributed by atoms with Crippen LogP contribution < -0.4 is 20.9 Å². The zero-order valence-corrected chi connectivity index (χ0v) is 14.9. The van der Waals surface area contributed by atoms with Crippen LogP contribution in [0.25, 0.3) is 0 Å². The number of carbonyl (C=O) groups excluding carboxylic acids is 2. The third kappa shape index (κ3) is 6.09. The number of amides is 3. The Morgan fingerprint density at radius 2 is 2.04 bits per heavy atom. The van der Waals surface area contributed by atoms with Crippen molar-refractivity contribution in [2.75, 3.05) is 13.2 Å². The van der Waals surface area contributed by atoms with Crippen LogP contribution in [-0.4, -0.2) is 25.1 Å². The molecule has 0 saturated carbocycles. The molecule has 1 aromatic carbocycles. The van der Waals surface area contributed by atoms with Crippen LogP contribution >= 0.6 is 38.9 Å². The monoisotopic (exact) mass is 417 g/mol. The lowest BCUT2D eigenvalue weighted by Gasteiger charge is -2.09. The van der Waals surface area contributed by atoms with Gasteiger partial charge >= 0.3 is 6.03 Å². The molecule has 0 aliphatic carbocycles. The number of thiophene rings is 1. The van der Waals surface area contributed by atoms with Gasteiger partial charge in [0.15, 0.2) is 0 Å². The Bertz CT molecular complexity index is 695. The summed E-state index contributed by atoms with van der Waals surface area (Å²) < 4.78 is 6.26. The minimum Gasteiger partial charge on any atom is -0.492 e. The highest BCUT2D eigenvalue weighted by Crippen LogP contribution is 2.21. The van der Waals surface area contributed by atoms with Crippen molar-refractivity contribution in [3.63, 3.8) is 0 Å². The van der Waals surface area contributed by atoms with E-state index in [1.165, 1.54) is 11.3 Å². The summed E-state index contributed by atoms with van der Waals surface area (Å²) in [5, 5.41) is 3.13. The second kappa shape index (κ2) is 8.76. The van der Waals surface area contributed by atoms with Crippen LogP contribution in [0, 0.1) is 0 Å². The van der Waals surface area contributed by atoms with E-state index in [0.29, 0.717) is 15.6 Å². The molecule has 2 rings (SSSR count). The molecule has 0 aliphatic heterocycles. The van der Waals surface area contributed by atoms with Crippen LogP contribution in [0.15, 0.2) is 40.2 Å². The molecule has 23 heavy (non-hydrogen) atoms. The molecule has 6 nitrogen and oxygen atoms in total. The largest absolute Gasteiger partial charge is 0.492 e. The van der Waals surface area contributed by atoms with Crippen molar-refractivity contribution in [2.45, 2.75) is 0 Å². The predicted molar refractivity (Wildman–Crippen MR) is 93.0 cm³/mol. The highest BCUT2D eigenvalue weighted by atomic mass is 79.9. The molecule has 1 heterocycles. The van der Waals surface area contributed by atoms with E-state index in [1.807, 2.05) is 0 Å². The van der Waals surface area contributed by atoms with Gasteiger partial charge in [0.2, 0.25) is 0 Å². The van der Waals surface area contributed by atoms with Crippen molar-refractivity contribution in [3.05, 3.63) is 50.1 Å². The molecular formula is C14H13BrClN3O3S. The fourth-order valence-electron chi connectivity index (χ4n) is 1.55. The lowest BCUT2D eigenvalue weighted by molar-refractivity contribution is 0.0940. The highest BCUT2D eigenvalue weighted by Gasteiger charge is 2.09. The summed E-state index contributed by atoms with van der Waals surface area (Å²) in [6, 6.07) is 9.86. The zero-order chi connectivity index (χ0) is 16.7. The van der Waals surface area contributed by atoms with Gasteiger partial charge in [-0.3, -0.25) is 10.2 Å². The maximum atomic E-state index is 11.7. The number of hydrazine groups is 1. The highest BCUT2D eigenvalue weighted by molar-refractivity contribution is 9.11. The van der Waals surface area contributed by atoms with Gasteiger partial charge in [0, 0.05) is 5.02 Å². The fraction of sp³-hybridized carbons (Fsp3) is 0.143. The van der Waals surface area contributed by atoms with Gasteiger partial charge in [0.25, 0.3) is 5.91 Å². The van der Waals surface area contributed by atoms with Gasteiger partial charge in [-0.1, -0.05) is 17.7 Å². The van der Waals surface area contributed by atoms with Gasteiger partial charge in [-0.05, 0) is 46.3 Å². The summed E-state index contributed by atoms with van der Waals surface area (Å²) in [6.07, 6.45) is 0. The van der Waals surface area contributed by atoms with Crippen molar-refractivity contribution in [3.8, 4) is 5.75 Å². The number of halogens is 2. The minimum atomic E-state index is -0.524. The second-order valence-electron chi connectivity index (χ2n) is 4.24. The Morgan fingerprint density at radius 3 is 2.74 bits per heavy atom. The van der Waals surface area contributed by atoms with E-state index in [1.54, 1.807) is 36.4 Å². The van der Waals surface area contributed by atoms with Crippen LogP contribution in [0.3, 0.4) is 0 Å². The first-order valence-corrected chi connectivity index (χ1v) is 8.51. The summed E-state index contributed by atoms with van der Waals surface area (Å²) >= 11 is 10.4. The van der Waals surface area contributed by atoms with Gasteiger partial charge in [0.05, 0.1) is 15.2 Å². The smallest absolute Gasteiger partial charge is 0.333 e. The Kier molecular flexibility index (Phi) is 6.69. The molecule has 0 unspecified atom stereocenters. The number of nitrogens with one attached hydrogen (secondary N) is 3. The molecule has 0 bridgehead atoms. The molecule has 122 valence electrons. The Labute approximate surface area is 150 Å². The first kappa shape index (κ1) is 17.6. The molecule has 0 saturated heterocycles. The fourth-order valence-corrected chi connectivity index (χ4v) is 3.01. The van der Waals surface area contributed by atoms with Crippen LogP contribution in [0.1, 0.15) is 9.67 Å². The lowest BCUT2D eigenvalue weighted by Crippen LogP contribution is -2.47. The van der Waals surface area contributed by atoms with Gasteiger partial charge < -0.3 is 10.1 Å². The van der Waals surface area contributed by atoms with Crippen molar-refractivity contribution in [1.82, 2.24) is 16.2 Å². The molecule has 3 N–H and O–H groups in total. The quantitative estimate of drug-likeness (QED) is 0.515. The average molecular weight is 419 g/mol. The second-order valence-corrected chi connectivity index (χ2v) is 7.14. The normalized spacial score (nSPS) is 10.0. The predicted octanol–water partition coefficient (Wildman–Crippen LogP) is 3.19. The number of benzene rings is 1. The first-order chi connectivity index (χ1) is 11.0. The maximum Gasteiger partial charge on any atom is 0.333 e. The third-order valence-electron chi connectivity index (χ3n) is 2.54. The average Bonchev–Trinajstić information content (AvgIpc) is 2.96. The van der Waals surface area contributed by atoms with Crippen LogP contribution in [0.2, 0.25) is 5.02 Å². The standard InChI is InChI=1S/C14H13BrClN3O3S/c15-12-5-4-11(23-12)13(20)18-19-14(21)17-6-7-22-10-3-1-2-9(16)8-10/h1-5,8H,6-7H2,(H,18,20)(H2,17,19,21). The maximum absolute atomic E-state index is 11.7. The Balaban J connectivity index is 1.62. The molecule has 0 fully saturated rings. The van der Waals surface area contributed by atoms with E-state index in [0.717, 1.165) is 3.79 Å². The van der Waals surface area contributed by atoms with Crippen LogP contribution in [0.4, 0.5) is 4.79 Å². The summed E-state index contributed by atoms with van der Waals surface area (Å²) in [4.78, 5) is 23.7. The van der Waals surface area contributed by atoms with E-state index in [4.69, 9.17) is 16.3 Å². The topological polar surface area (TPSA) is 79.5 Å². The molecule has 3 amide bonds. The van der Waals surface area contributed by atoms with Crippen molar-refractivity contribution in [1.29, 1.82) is 0 Å². The van der Waals surface area contributed by atoms with E-state index in [9.17, 15) is 9.59 Å². The molecule has 0 aliphatic rings. The van der Waals surface area contributed by atoms with Gasteiger partial charge in [-0.15, -0.1) is 11.3 Å². The van der Waals surface area contributed by atoms with Gasteiger partial charge in [0.1, 0.15) is 12.4 Å². The SMILES string of the molecule is O=C(NCCOc1cccc(Cl)c1)NNC(=O)c1ccc(Br)s1. The molecule has 0 radical (unpaired) electrons. The number of hydrogen-bond acceptors (Lipinski definition) is 4. The molecule has 2 aromatic rings. The third-order valence-corrected chi connectivity index (χ3v) is 4.40. The summed E-state index contributed by atoms with van der Waals surface area (Å²) in [6.45, 7) is 0.554. The van der Waals surface area contributed by atoms with Crippen LogP contribution in [0.5, 0.6) is 5.75 Å². The number of rotatable bonds is 5. The van der Waals surface area contributed by atoms with E-state index >= 15 is 0 Å². The van der Waals surface area contributed by atoms with E-state index in [-0.39, 0.29) is 19.1 Å². The molecule has 1 aromatic heterocycles. The Hall–Kier alpha value is -1.77. The van der Waals surface area contributed by atoms with Gasteiger partial charge in [-0.25, -0.2) is 10.2 Å². The minimum absolute atomic E-state index is 0.277. The number of ether oxygens (including phenoxy) is 1. The number of hydrogen-bond donors (Lipinski definition) is 3. The van der Waals surface area contributed by atoms with Crippen molar-refractivity contribution < 1.29 is 14.3 Å². The van der Waals surface area contributed by atoms with Crippen molar-refractivity contribution >= 4 is 50.8 Å². The molecular weight excluding hydrogens is 406 g/mol. The molecule has 0 spiro atoms. The summed E-state index contributed by atoms with van der Waals surface area (Å²) in [7, 11) is 0. The first-order valence-electron chi connectivity index (χ1n) is 6.52. The summed E-state index contributed by atoms with van der Waals surface area (Å²) in [5.74, 6) is 0.238. The Morgan fingerprint density at radius 1 is 1.22 bits per heavy atom. The molecule has 9 heteroatoms. The number of urea groups is 1. The summed E-state index contributed by atoms with van der Waals surface area (Å²) in [5.41, 5.74) is 4.57. The van der Waals surface area contributed by atoms with Crippen molar-refractivity contribution in [2.24, 2.45) is 0 Å². The lowest BCUT2D eigenvalue weighted by atomic mass is 10.3. The number of carbonyl (C=O) groups is 2. The zero-order valence-electron chi connectivity index (χ0n) is 11.8. The van der Waals surface area contributed by atoms with E-state index in [2.05, 4.69) is 32.1 Å².